The van der Waals surface area contributed by atoms with E-state index in [9.17, 15) is 66.1 Å². The molecule has 22 heteroatoms. The Balaban J connectivity index is 0.902. The molecule has 30 atom stereocenters. The van der Waals surface area contributed by atoms with Crippen LogP contribution in [0.5, 0.6) is 0 Å². The Hall–Kier alpha value is -1.17. The lowest BCUT2D eigenvalue weighted by molar-refractivity contribution is -0.394. The fourth-order valence-electron chi connectivity index (χ4n) is 17.6. The van der Waals surface area contributed by atoms with E-state index in [2.05, 4.69) is 41.5 Å². The van der Waals surface area contributed by atoms with E-state index in [1.807, 2.05) is 0 Å². The van der Waals surface area contributed by atoms with Gasteiger partial charge in [-0.25, -0.2) is 0 Å². The van der Waals surface area contributed by atoms with E-state index in [-0.39, 0.29) is 39.4 Å². The van der Waals surface area contributed by atoms with Crippen LogP contribution in [0.25, 0.3) is 0 Å². The topological polar surface area (TPSA) is 343 Å². The van der Waals surface area contributed by atoms with Crippen molar-refractivity contribution in [3.63, 3.8) is 0 Å². The standard InChI is InChI=1S/C53H86O22/c1-23-32(58)36(62)39(65)43(69-23)75-42-38(64)34(60)25(19-55)71-46(42)72-26-20-67-45(41(35(26)61)74-44-40(66)37(63)33(59)24(18-54)70-44)73-31-10-11-49(5)27(47(31,2)3)8-12-50(6)28(49)9-13-53-29-16-48(4,21-56)14-15-52(29,22-68-53)30(57)17-51(50,53)7/h21,23-46,54-55,57-66H,8-20,22H2,1-7H3/t23-,24+,25+,26-,27-,28+,29+,30+,31-,32-,33+,34+,35-,36+,37-,38-,39+,40+,41+,42+,43-,44+,45-,46-,48-,49-,50+,51-,52+,53-/m0/s1. The lowest BCUT2D eigenvalue weighted by Gasteiger charge is -2.75. The van der Waals surface area contributed by atoms with Gasteiger partial charge in [0.05, 0.1) is 50.3 Å². The minimum atomic E-state index is -1.89. The summed E-state index contributed by atoms with van der Waals surface area (Å²) in [5.41, 5.74) is -2.58. The first-order chi connectivity index (χ1) is 35.2. The molecule has 12 N–H and O–H groups in total. The molecule has 430 valence electrons. The Kier molecular flexibility index (Phi) is 15.3. The highest BCUT2D eigenvalue weighted by Crippen LogP contribution is 2.80. The number of carbonyl (C=O) groups excluding carboxylic acids is 1. The predicted octanol–water partition coefficient (Wildman–Crippen LogP) is -1.50. The summed E-state index contributed by atoms with van der Waals surface area (Å²) in [4.78, 5) is 12.6. The first-order valence-electron chi connectivity index (χ1n) is 27.5. The molecule has 10 rings (SSSR count). The molecule has 2 bridgehead atoms. The highest BCUT2D eigenvalue weighted by molar-refractivity contribution is 5.59. The summed E-state index contributed by atoms with van der Waals surface area (Å²) in [6.45, 7) is 13.6. The predicted molar refractivity (Wildman–Crippen MR) is 255 cm³/mol. The summed E-state index contributed by atoms with van der Waals surface area (Å²) in [6.07, 6.45) is -23.3. The van der Waals surface area contributed by atoms with Gasteiger partial charge in [-0.1, -0.05) is 41.5 Å². The minimum Gasteiger partial charge on any atom is -0.394 e. The summed E-state index contributed by atoms with van der Waals surface area (Å²) in [5, 5.41) is 131. The number of aldehydes is 1. The van der Waals surface area contributed by atoms with Gasteiger partial charge in [-0.15, -0.1) is 0 Å². The largest absolute Gasteiger partial charge is 0.394 e. The summed E-state index contributed by atoms with van der Waals surface area (Å²) in [7, 11) is 0. The Labute approximate surface area is 437 Å². The molecule has 0 aromatic heterocycles. The molecule has 0 amide bonds. The van der Waals surface area contributed by atoms with E-state index in [0.29, 0.717) is 25.9 Å². The molecule has 22 nitrogen and oxygen atoms in total. The van der Waals surface area contributed by atoms with Crippen LogP contribution in [-0.2, 0) is 47.4 Å². The summed E-state index contributed by atoms with van der Waals surface area (Å²) in [6, 6.07) is 0. The van der Waals surface area contributed by atoms with Crippen LogP contribution >= 0.6 is 0 Å². The van der Waals surface area contributed by atoms with Crippen molar-refractivity contribution in [2.45, 2.75) is 247 Å². The molecule has 5 aliphatic carbocycles. The molecule has 10 aliphatic rings. The second kappa shape index (κ2) is 20.1. The smallest absolute Gasteiger partial charge is 0.187 e. The number of carbonyl (C=O) groups is 1. The zero-order chi connectivity index (χ0) is 54.3. The second-order valence-corrected chi connectivity index (χ2v) is 26.2. The van der Waals surface area contributed by atoms with Crippen LogP contribution in [-0.4, -0.2) is 229 Å². The zero-order valence-electron chi connectivity index (χ0n) is 44.3. The van der Waals surface area contributed by atoms with Crippen LogP contribution in [0, 0.1) is 50.2 Å². The van der Waals surface area contributed by atoms with Crippen LogP contribution in [0.15, 0.2) is 0 Å². The maximum Gasteiger partial charge on any atom is 0.187 e. The third-order valence-electron chi connectivity index (χ3n) is 22.3. The number of rotatable bonds is 11. The van der Waals surface area contributed by atoms with E-state index in [0.717, 1.165) is 51.2 Å². The van der Waals surface area contributed by atoms with Gasteiger partial charge in [0.1, 0.15) is 91.7 Å². The highest BCUT2D eigenvalue weighted by atomic mass is 16.8. The number of aliphatic hydroxyl groups excluding tert-OH is 12. The van der Waals surface area contributed by atoms with Crippen molar-refractivity contribution in [1.29, 1.82) is 0 Å². The molecule has 0 radical (unpaired) electrons. The number of hydrogen-bond donors (Lipinski definition) is 12. The van der Waals surface area contributed by atoms with Gasteiger partial charge < -0.3 is 109 Å². The average molecular weight is 1080 g/mol. The number of aliphatic hydroxyl groups is 12. The molecule has 0 aromatic rings. The molecule has 1 spiro atoms. The molecule has 0 unspecified atom stereocenters. The van der Waals surface area contributed by atoms with E-state index in [4.69, 9.17) is 42.6 Å². The Morgan fingerprint density at radius 1 is 0.560 bits per heavy atom. The van der Waals surface area contributed by atoms with Crippen molar-refractivity contribution in [2.75, 3.05) is 26.4 Å². The molecule has 75 heavy (non-hydrogen) atoms. The molecule has 5 heterocycles. The average Bonchev–Trinajstić information content (AvgIpc) is 3.66. The Morgan fingerprint density at radius 2 is 1.16 bits per heavy atom. The van der Waals surface area contributed by atoms with Crippen molar-refractivity contribution < 1.29 is 109 Å². The van der Waals surface area contributed by atoms with Crippen molar-refractivity contribution in [2.24, 2.45) is 50.2 Å². The first-order valence-corrected chi connectivity index (χ1v) is 27.5. The van der Waals surface area contributed by atoms with Crippen molar-refractivity contribution in [3.8, 4) is 0 Å². The van der Waals surface area contributed by atoms with Gasteiger partial charge >= 0.3 is 0 Å². The van der Waals surface area contributed by atoms with Crippen molar-refractivity contribution in [3.05, 3.63) is 0 Å². The molecule has 0 aromatic carbocycles. The van der Waals surface area contributed by atoms with Crippen LogP contribution in [0.2, 0.25) is 0 Å². The molecular weight excluding hydrogens is 989 g/mol. The van der Waals surface area contributed by atoms with E-state index >= 15 is 0 Å². The van der Waals surface area contributed by atoms with Gasteiger partial charge in [-0.2, -0.15) is 0 Å². The third-order valence-corrected chi connectivity index (χ3v) is 22.3. The van der Waals surface area contributed by atoms with Crippen LogP contribution in [0.4, 0.5) is 0 Å². The summed E-state index contributed by atoms with van der Waals surface area (Å²) >= 11 is 0. The molecule has 5 aliphatic heterocycles. The maximum absolute atomic E-state index is 12.6. The van der Waals surface area contributed by atoms with Crippen LogP contribution < -0.4 is 0 Å². The maximum atomic E-state index is 12.6. The second-order valence-electron chi connectivity index (χ2n) is 26.2. The number of fused-ring (bicyclic) bond motifs is 4. The van der Waals surface area contributed by atoms with E-state index in [1.165, 1.54) is 6.92 Å². The lowest BCUT2D eigenvalue weighted by Crippen LogP contribution is -2.74. The summed E-state index contributed by atoms with van der Waals surface area (Å²) < 4.78 is 56.3. The van der Waals surface area contributed by atoms with Crippen LogP contribution in [0.3, 0.4) is 0 Å². The fraction of sp³-hybridized carbons (Fsp3) is 0.981. The zero-order valence-corrected chi connectivity index (χ0v) is 44.3. The summed E-state index contributed by atoms with van der Waals surface area (Å²) in [5.74, 6) is 0.451. The van der Waals surface area contributed by atoms with Gasteiger partial charge in [0.2, 0.25) is 0 Å². The van der Waals surface area contributed by atoms with Crippen molar-refractivity contribution >= 4 is 6.29 Å². The lowest BCUT2D eigenvalue weighted by atomic mass is 9.30. The van der Waals surface area contributed by atoms with Gasteiger partial charge in [-0.05, 0) is 105 Å². The molecule has 5 saturated carbocycles. The molecular formula is C53H86O22. The first kappa shape index (κ1) is 57.1. The van der Waals surface area contributed by atoms with E-state index in [1.54, 1.807) is 0 Å². The SMILES string of the molecule is C[C@@H]1O[C@@H](O[C@H]2[C@H](O[C@H]3CO[C@@H](O[C@H]4CC[C@]5(C)[C@H]6CC[C@]78OC[C@@]9(CC[C@](C)(C=O)C[C@H]97)[C@H](O)C[C@@]8(C)[C@]6(C)CC[C@H]5C4(C)C)[C@H](O[C@H]4O[C@H](CO)[C@@H](O)[C@H](O)[C@H]4O)[C@H]3O)O[C@H](CO)[C@@H](O)[C@@H]2O)[C@H](O)[C@H](O)[C@H]1O. The molecule has 5 saturated heterocycles. The normalized spacial score (nSPS) is 58.5. The van der Waals surface area contributed by atoms with Gasteiger partial charge in [0.25, 0.3) is 0 Å². The number of hydrogen-bond acceptors (Lipinski definition) is 22. The third kappa shape index (κ3) is 8.54. The Morgan fingerprint density at radius 3 is 1.81 bits per heavy atom. The molecule has 10 fully saturated rings. The highest BCUT2D eigenvalue weighted by Gasteiger charge is 2.80. The quantitative estimate of drug-likeness (QED) is 0.0827. The van der Waals surface area contributed by atoms with E-state index < -0.39 is 165 Å². The number of ether oxygens (including phenoxy) is 9. The van der Waals surface area contributed by atoms with Gasteiger partial charge in [0, 0.05) is 16.2 Å². The van der Waals surface area contributed by atoms with Gasteiger partial charge in [0.15, 0.2) is 25.2 Å². The van der Waals surface area contributed by atoms with Crippen molar-refractivity contribution in [1.82, 2.24) is 0 Å². The fourth-order valence-corrected chi connectivity index (χ4v) is 17.6. The Bertz CT molecular complexity index is 2050. The van der Waals surface area contributed by atoms with Gasteiger partial charge in [-0.3, -0.25) is 0 Å². The minimum absolute atomic E-state index is 0.0717. The van der Waals surface area contributed by atoms with Crippen LogP contribution in [0.1, 0.15) is 113 Å². The monoisotopic (exact) mass is 1070 g/mol.